The number of hydrogen-bond donors (Lipinski definition) is 2. The van der Waals surface area contributed by atoms with Gasteiger partial charge in [-0.15, -0.1) is 21.5 Å². The molecule has 0 aliphatic heterocycles. The Hall–Kier alpha value is -2.58. The summed E-state index contributed by atoms with van der Waals surface area (Å²) in [7, 11) is 0. The zero-order chi connectivity index (χ0) is 16.8. The van der Waals surface area contributed by atoms with Gasteiger partial charge in [0.1, 0.15) is 5.01 Å². The summed E-state index contributed by atoms with van der Waals surface area (Å²) in [5.41, 5.74) is 1.03. The van der Waals surface area contributed by atoms with Crippen LogP contribution in [0.15, 0.2) is 47.8 Å². The lowest BCUT2D eigenvalue weighted by molar-refractivity contribution is -0.120. The first-order chi connectivity index (χ1) is 11.7. The van der Waals surface area contributed by atoms with Crippen LogP contribution in [0.1, 0.15) is 20.2 Å². The van der Waals surface area contributed by atoms with E-state index >= 15 is 0 Å². The summed E-state index contributed by atoms with van der Waals surface area (Å²) >= 11 is 2.55. The number of amides is 2. The summed E-state index contributed by atoms with van der Waals surface area (Å²) in [5.74, 6) is -0.354. The SMILES string of the molecule is O=C(Cc1nnc(NC(=O)c2cccs2)s1)NCc1ccccc1. The van der Waals surface area contributed by atoms with Crippen LogP contribution >= 0.6 is 22.7 Å². The number of carbonyl (C=O) groups excluding carboxylic acids is 2. The normalized spacial score (nSPS) is 10.3. The lowest BCUT2D eigenvalue weighted by Crippen LogP contribution is -2.24. The Balaban J connectivity index is 1.50. The van der Waals surface area contributed by atoms with Crippen LogP contribution in [0, 0.1) is 0 Å². The third-order valence-corrected chi connectivity index (χ3v) is 4.78. The number of carbonyl (C=O) groups is 2. The maximum absolute atomic E-state index is 11.9. The van der Waals surface area contributed by atoms with Crippen LogP contribution in [-0.2, 0) is 17.8 Å². The summed E-state index contributed by atoms with van der Waals surface area (Å²) in [4.78, 5) is 24.5. The van der Waals surface area contributed by atoms with Gasteiger partial charge in [-0.05, 0) is 17.0 Å². The standard InChI is InChI=1S/C16H14N4O2S2/c21-13(17-10-11-5-2-1-3-6-11)9-14-19-20-16(24-14)18-15(22)12-7-4-8-23-12/h1-8H,9-10H2,(H,17,21)(H,18,20,22). The first kappa shape index (κ1) is 16.3. The van der Waals surface area contributed by atoms with Gasteiger partial charge in [0.25, 0.3) is 5.91 Å². The first-order valence-electron chi connectivity index (χ1n) is 7.18. The molecule has 3 rings (SSSR count). The summed E-state index contributed by atoms with van der Waals surface area (Å²) in [6.07, 6.45) is 0.138. The molecule has 0 unspecified atom stereocenters. The summed E-state index contributed by atoms with van der Waals surface area (Å²) in [5, 5.41) is 16.1. The highest BCUT2D eigenvalue weighted by molar-refractivity contribution is 7.15. The Morgan fingerprint density at radius 1 is 1.04 bits per heavy atom. The molecule has 0 aliphatic rings. The predicted octanol–water partition coefficient (Wildman–Crippen LogP) is 2.71. The Morgan fingerprint density at radius 2 is 1.88 bits per heavy atom. The smallest absolute Gasteiger partial charge is 0.267 e. The molecule has 2 aromatic heterocycles. The molecule has 0 aliphatic carbocycles. The number of rotatable bonds is 6. The number of benzene rings is 1. The lowest BCUT2D eigenvalue weighted by atomic mass is 10.2. The second-order valence-electron chi connectivity index (χ2n) is 4.87. The molecule has 0 saturated heterocycles. The third-order valence-electron chi connectivity index (χ3n) is 3.08. The van der Waals surface area contributed by atoms with Gasteiger partial charge in [-0.3, -0.25) is 14.9 Å². The van der Waals surface area contributed by atoms with Gasteiger partial charge in [0, 0.05) is 6.54 Å². The van der Waals surface area contributed by atoms with Crippen molar-refractivity contribution in [2.75, 3.05) is 5.32 Å². The van der Waals surface area contributed by atoms with Crippen molar-refractivity contribution < 1.29 is 9.59 Å². The Bertz CT molecular complexity index is 816. The van der Waals surface area contributed by atoms with Crippen molar-refractivity contribution in [3.05, 3.63) is 63.3 Å². The van der Waals surface area contributed by atoms with Crippen molar-refractivity contribution in [1.82, 2.24) is 15.5 Å². The van der Waals surface area contributed by atoms with Crippen LogP contribution in [0.25, 0.3) is 0 Å². The highest BCUT2D eigenvalue weighted by Crippen LogP contribution is 2.18. The van der Waals surface area contributed by atoms with Gasteiger partial charge in [-0.25, -0.2) is 0 Å². The zero-order valence-electron chi connectivity index (χ0n) is 12.6. The predicted molar refractivity (Wildman–Crippen MR) is 94.2 cm³/mol. The summed E-state index contributed by atoms with van der Waals surface area (Å²) in [6, 6.07) is 13.2. The molecule has 3 aromatic rings. The van der Waals surface area contributed by atoms with E-state index in [0.717, 1.165) is 5.56 Å². The van der Waals surface area contributed by atoms with Crippen molar-refractivity contribution >= 4 is 39.6 Å². The Morgan fingerprint density at radius 3 is 2.62 bits per heavy atom. The topological polar surface area (TPSA) is 84.0 Å². The average molecular weight is 358 g/mol. The molecule has 122 valence electrons. The number of anilines is 1. The number of nitrogens with one attached hydrogen (secondary N) is 2. The summed E-state index contributed by atoms with van der Waals surface area (Å²) in [6.45, 7) is 0.473. The fraction of sp³-hybridized carbons (Fsp3) is 0.125. The lowest BCUT2D eigenvalue weighted by Gasteiger charge is -2.03. The van der Waals surface area contributed by atoms with Crippen LogP contribution in [0.4, 0.5) is 5.13 Å². The largest absolute Gasteiger partial charge is 0.352 e. The Kier molecular flexibility index (Phi) is 5.29. The van der Waals surface area contributed by atoms with Crippen molar-refractivity contribution in [2.45, 2.75) is 13.0 Å². The van der Waals surface area contributed by atoms with E-state index in [2.05, 4.69) is 20.8 Å². The number of nitrogens with zero attached hydrogens (tertiary/aromatic N) is 2. The zero-order valence-corrected chi connectivity index (χ0v) is 14.2. The van der Waals surface area contributed by atoms with Crippen molar-refractivity contribution in [3.63, 3.8) is 0 Å². The fourth-order valence-electron chi connectivity index (χ4n) is 1.94. The molecule has 0 atom stereocenters. The number of thiophene rings is 1. The third kappa shape index (κ3) is 4.46. The van der Waals surface area contributed by atoms with Crippen LogP contribution in [-0.4, -0.2) is 22.0 Å². The maximum Gasteiger partial charge on any atom is 0.267 e. The van der Waals surface area contributed by atoms with Crippen molar-refractivity contribution in [3.8, 4) is 0 Å². The van der Waals surface area contributed by atoms with Gasteiger partial charge < -0.3 is 5.32 Å². The van der Waals surface area contributed by atoms with E-state index in [1.54, 1.807) is 6.07 Å². The quantitative estimate of drug-likeness (QED) is 0.710. The van der Waals surface area contributed by atoms with Gasteiger partial charge in [-0.2, -0.15) is 0 Å². The molecule has 6 nitrogen and oxygen atoms in total. The molecule has 0 fully saturated rings. The maximum atomic E-state index is 11.9. The van der Waals surface area contributed by atoms with Gasteiger partial charge >= 0.3 is 0 Å². The molecule has 8 heteroatoms. The fourth-order valence-corrected chi connectivity index (χ4v) is 3.29. The molecular weight excluding hydrogens is 344 g/mol. The average Bonchev–Trinajstić information content (AvgIpc) is 3.26. The molecular formula is C16H14N4O2S2. The summed E-state index contributed by atoms with van der Waals surface area (Å²) < 4.78 is 0. The van der Waals surface area contributed by atoms with Crippen LogP contribution in [0.5, 0.6) is 0 Å². The van der Waals surface area contributed by atoms with E-state index < -0.39 is 0 Å². The minimum Gasteiger partial charge on any atom is -0.352 e. The second kappa shape index (κ2) is 7.80. The molecule has 2 N–H and O–H groups in total. The van der Waals surface area contributed by atoms with Gasteiger partial charge in [0.05, 0.1) is 11.3 Å². The Labute approximate surface area is 146 Å². The molecule has 0 radical (unpaired) electrons. The van der Waals surface area contributed by atoms with E-state index in [1.165, 1.54) is 22.7 Å². The minimum atomic E-state index is -0.221. The molecule has 0 spiro atoms. The number of hydrogen-bond acceptors (Lipinski definition) is 6. The van der Waals surface area contributed by atoms with E-state index in [-0.39, 0.29) is 18.2 Å². The molecule has 2 amide bonds. The monoisotopic (exact) mass is 358 g/mol. The van der Waals surface area contributed by atoms with E-state index in [0.29, 0.717) is 21.6 Å². The van der Waals surface area contributed by atoms with Gasteiger partial charge in [0.2, 0.25) is 11.0 Å². The minimum absolute atomic E-state index is 0.133. The van der Waals surface area contributed by atoms with E-state index in [9.17, 15) is 9.59 Å². The van der Waals surface area contributed by atoms with Crippen molar-refractivity contribution in [2.24, 2.45) is 0 Å². The van der Waals surface area contributed by atoms with Gasteiger partial charge in [0.15, 0.2) is 0 Å². The van der Waals surface area contributed by atoms with Crippen LogP contribution < -0.4 is 10.6 Å². The van der Waals surface area contributed by atoms with Crippen molar-refractivity contribution in [1.29, 1.82) is 0 Å². The highest BCUT2D eigenvalue weighted by Gasteiger charge is 2.13. The molecule has 0 saturated carbocycles. The highest BCUT2D eigenvalue weighted by atomic mass is 32.1. The van der Waals surface area contributed by atoms with Gasteiger partial charge in [-0.1, -0.05) is 47.7 Å². The first-order valence-corrected chi connectivity index (χ1v) is 8.88. The second-order valence-corrected chi connectivity index (χ2v) is 6.88. The molecule has 0 bridgehead atoms. The molecule has 2 heterocycles. The van der Waals surface area contributed by atoms with E-state index in [4.69, 9.17) is 0 Å². The van der Waals surface area contributed by atoms with E-state index in [1.807, 2.05) is 41.8 Å². The molecule has 24 heavy (non-hydrogen) atoms. The van der Waals surface area contributed by atoms with Crippen LogP contribution in [0.3, 0.4) is 0 Å². The number of aromatic nitrogens is 2. The molecule has 1 aromatic carbocycles. The van der Waals surface area contributed by atoms with Crippen LogP contribution in [0.2, 0.25) is 0 Å².